The van der Waals surface area contributed by atoms with E-state index in [1.54, 1.807) is 6.26 Å². The van der Waals surface area contributed by atoms with E-state index in [0.29, 0.717) is 6.04 Å². The molecule has 0 aromatic carbocycles. The molecule has 1 saturated heterocycles. The fourth-order valence-electron chi connectivity index (χ4n) is 2.33. The molecule has 0 amide bonds. The van der Waals surface area contributed by atoms with Crippen molar-refractivity contribution in [2.24, 2.45) is 0 Å². The van der Waals surface area contributed by atoms with Gasteiger partial charge in [0.2, 0.25) is 5.89 Å². The Bertz CT molecular complexity index is 324. The molecule has 16 heavy (non-hydrogen) atoms. The quantitative estimate of drug-likeness (QED) is 0.823. The highest BCUT2D eigenvalue weighted by Crippen LogP contribution is 2.30. The van der Waals surface area contributed by atoms with Crippen molar-refractivity contribution in [1.82, 2.24) is 15.2 Å². The minimum Gasteiger partial charge on any atom is -0.447 e. The van der Waals surface area contributed by atoms with Gasteiger partial charge in [0.05, 0.1) is 11.7 Å². The van der Waals surface area contributed by atoms with E-state index < -0.39 is 0 Å². The Morgan fingerprint density at radius 1 is 1.62 bits per heavy atom. The Hall–Kier alpha value is -0.870. The summed E-state index contributed by atoms with van der Waals surface area (Å²) >= 11 is 0. The summed E-state index contributed by atoms with van der Waals surface area (Å²) in [5.74, 6) is 0.908. The molecular formula is C12H21N3O. The number of likely N-dealkylation sites (N-methyl/N-ethyl adjacent to an activating group) is 1. The number of rotatable bonds is 5. The van der Waals surface area contributed by atoms with Gasteiger partial charge < -0.3 is 9.73 Å². The molecule has 2 rings (SSSR count). The molecule has 1 aromatic rings. The van der Waals surface area contributed by atoms with Gasteiger partial charge in [-0.1, -0.05) is 6.92 Å². The van der Waals surface area contributed by atoms with Crippen LogP contribution in [0.1, 0.15) is 37.4 Å². The largest absolute Gasteiger partial charge is 0.447 e. The van der Waals surface area contributed by atoms with Gasteiger partial charge in [-0.15, -0.1) is 0 Å². The zero-order valence-corrected chi connectivity index (χ0v) is 10.2. The first-order valence-electron chi connectivity index (χ1n) is 6.18. The first-order chi connectivity index (χ1) is 7.85. The van der Waals surface area contributed by atoms with Crippen molar-refractivity contribution in [1.29, 1.82) is 0 Å². The highest BCUT2D eigenvalue weighted by Gasteiger charge is 2.28. The van der Waals surface area contributed by atoms with E-state index in [0.717, 1.165) is 31.1 Å². The average molecular weight is 223 g/mol. The van der Waals surface area contributed by atoms with Crippen LogP contribution in [-0.4, -0.2) is 36.6 Å². The van der Waals surface area contributed by atoms with Gasteiger partial charge in [0.1, 0.15) is 6.26 Å². The van der Waals surface area contributed by atoms with Crippen molar-refractivity contribution in [2.75, 3.05) is 26.7 Å². The number of hydrogen-bond donors (Lipinski definition) is 1. The molecule has 1 unspecified atom stereocenters. The Balaban J connectivity index is 2.00. The van der Waals surface area contributed by atoms with E-state index in [4.69, 9.17) is 4.42 Å². The maximum Gasteiger partial charge on any atom is 0.211 e. The van der Waals surface area contributed by atoms with Crippen LogP contribution in [0.25, 0.3) is 0 Å². The van der Waals surface area contributed by atoms with E-state index in [2.05, 4.69) is 22.1 Å². The third-order valence-corrected chi connectivity index (χ3v) is 3.26. The second kappa shape index (κ2) is 5.46. The number of aromatic nitrogens is 1. The lowest BCUT2D eigenvalue weighted by Crippen LogP contribution is -2.22. The molecule has 1 aliphatic heterocycles. The highest BCUT2D eigenvalue weighted by molar-refractivity contribution is 5.02. The summed E-state index contributed by atoms with van der Waals surface area (Å²) in [6.07, 6.45) is 5.18. The van der Waals surface area contributed by atoms with Crippen LogP contribution in [0.15, 0.2) is 10.7 Å². The van der Waals surface area contributed by atoms with Crippen LogP contribution in [0, 0.1) is 0 Å². The lowest BCUT2D eigenvalue weighted by Gasteiger charge is -2.19. The SMILES string of the molecule is CCN1CCCC1c1nc(CCNC)co1. The van der Waals surface area contributed by atoms with Crippen LogP contribution in [-0.2, 0) is 6.42 Å². The summed E-state index contributed by atoms with van der Waals surface area (Å²) in [7, 11) is 1.96. The van der Waals surface area contributed by atoms with E-state index in [1.807, 2.05) is 7.05 Å². The molecule has 1 fully saturated rings. The molecular weight excluding hydrogens is 202 g/mol. The normalized spacial score (nSPS) is 21.8. The van der Waals surface area contributed by atoms with Gasteiger partial charge in [-0.25, -0.2) is 4.98 Å². The minimum absolute atomic E-state index is 0.410. The lowest BCUT2D eigenvalue weighted by atomic mass is 10.2. The van der Waals surface area contributed by atoms with Gasteiger partial charge in [0, 0.05) is 13.0 Å². The molecule has 2 heterocycles. The molecule has 4 nitrogen and oxygen atoms in total. The van der Waals surface area contributed by atoms with Crippen LogP contribution in [0.4, 0.5) is 0 Å². The van der Waals surface area contributed by atoms with Crippen molar-refractivity contribution in [3.63, 3.8) is 0 Å². The zero-order chi connectivity index (χ0) is 11.4. The predicted octanol–water partition coefficient (Wildman–Crippen LogP) is 1.59. The summed E-state index contributed by atoms with van der Waals surface area (Å²) in [4.78, 5) is 7.02. The van der Waals surface area contributed by atoms with E-state index in [9.17, 15) is 0 Å². The van der Waals surface area contributed by atoms with Gasteiger partial charge >= 0.3 is 0 Å². The molecule has 1 N–H and O–H groups in total. The average Bonchev–Trinajstić information content (AvgIpc) is 2.94. The summed E-state index contributed by atoms with van der Waals surface area (Å²) in [6, 6.07) is 0.410. The summed E-state index contributed by atoms with van der Waals surface area (Å²) < 4.78 is 5.60. The first kappa shape index (κ1) is 11.6. The Morgan fingerprint density at radius 2 is 2.50 bits per heavy atom. The Labute approximate surface area is 97.0 Å². The van der Waals surface area contributed by atoms with Crippen molar-refractivity contribution in [3.05, 3.63) is 17.8 Å². The van der Waals surface area contributed by atoms with Crippen molar-refractivity contribution in [2.45, 2.75) is 32.2 Å². The molecule has 0 radical (unpaired) electrons. The molecule has 1 atom stereocenters. The molecule has 0 spiro atoms. The Morgan fingerprint density at radius 3 is 3.25 bits per heavy atom. The van der Waals surface area contributed by atoms with Crippen LogP contribution >= 0.6 is 0 Å². The van der Waals surface area contributed by atoms with Crippen molar-refractivity contribution in [3.8, 4) is 0 Å². The number of nitrogens with zero attached hydrogens (tertiary/aromatic N) is 2. The molecule has 1 aromatic heterocycles. The molecule has 0 bridgehead atoms. The van der Waals surface area contributed by atoms with Crippen molar-refractivity contribution >= 4 is 0 Å². The van der Waals surface area contributed by atoms with E-state index in [1.165, 1.54) is 19.4 Å². The highest BCUT2D eigenvalue weighted by atomic mass is 16.3. The fraction of sp³-hybridized carbons (Fsp3) is 0.750. The summed E-state index contributed by atoms with van der Waals surface area (Å²) in [5.41, 5.74) is 1.06. The van der Waals surface area contributed by atoms with Gasteiger partial charge in [0.25, 0.3) is 0 Å². The molecule has 90 valence electrons. The number of likely N-dealkylation sites (tertiary alicyclic amines) is 1. The fourth-order valence-corrected chi connectivity index (χ4v) is 2.33. The topological polar surface area (TPSA) is 41.3 Å². The Kier molecular flexibility index (Phi) is 3.96. The maximum absolute atomic E-state index is 5.60. The molecule has 0 aliphatic carbocycles. The van der Waals surface area contributed by atoms with Gasteiger partial charge in [-0.2, -0.15) is 0 Å². The van der Waals surface area contributed by atoms with E-state index in [-0.39, 0.29) is 0 Å². The minimum atomic E-state index is 0.410. The smallest absolute Gasteiger partial charge is 0.211 e. The summed E-state index contributed by atoms with van der Waals surface area (Å²) in [6.45, 7) is 5.41. The number of nitrogens with one attached hydrogen (secondary N) is 1. The van der Waals surface area contributed by atoms with Gasteiger partial charge in [-0.3, -0.25) is 4.90 Å². The predicted molar refractivity (Wildman–Crippen MR) is 63.4 cm³/mol. The molecule has 4 heteroatoms. The number of oxazole rings is 1. The molecule has 0 saturated carbocycles. The number of hydrogen-bond acceptors (Lipinski definition) is 4. The van der Waals surface area contributed by atoms with Gasteiger partial charge in [0.15, 0.2) is 0 Å². The second-order valence-corrected chi connectivity index (χ2v) is 4.32. The van der Waals surface area contributed by atoms with Crippen LogP contribution in [0.3, 0.4) is 0 Å². The first-order valence-corrected chi connectivity index (χ1v) is 6.18. The lowest BCUT2D eigenvalue weighted by molar-refractivity contribution is 0.233. The van der Waals surface area contributed by atoms with Crippen molar-refractivity contribution < 1.29 is 4.42 Å². The van der Waals surface area contributed by atoms with Crippen LogP contribution < -0.4 is 5.32 Å². The molecule has 1 aliphatic rings. The third-order valence-electron chi connectivity index (χ3n) is 3.26. The zero-order valence-electron chi connectivity index (χ0n) is 10.2. The van der Waals surface area contributed by atoms with Crippen LogP contribution in [0.5, 0.6) is 0 Å². The summed E-state index contributed by atoms with van der Waals surface area (Å²) in [5, 5.41) is 3.12. The van der Waals surface area contributed by atoms with Gasteiger partial charge in [-0.05, 0) is 33.0 Å². The standard InChI is InChI=1S/C12H21N3O/c1-3-15-8-4-5-11(15)12-14-10(9-16-12)6-7-13-2/h9,11,13H,3-8H2,1-2H3. The maximum atomic E-state index is 5.60. The monoisotopic (exact) mass is 223 g/mol. The third kappa shape index (κ3) is 2.44. The van der Waals surface area contributed by atoms with Crippen LogP contribution in [0.2, 0.25) is 0 Å². The van der Waals surface area contributed by atoms with E-state index >= 15 is 0 Å². The second-order valence-electron chi connectivity index (χ2n) is 4.32.